The van der Waals surface area contributed by atoms with Crippen LogP contribution in [0.25, 0.3) is 11.2 Å². The molecule has 4 aromatic rings. The average Bonchev–Trinajstić information content (AvgIpc) is 3.21. The Morgan fingerprint density at radius 1 is 1.19 bits per heavy atom. The number of H-pyrrole nitrogens is 1. The second-order valence-electron chi connectivity index (χ2n) is 8.31. The van der Waals surface area contributed by atoms with Gasteiger partial charge in [-0.05, 0) is 42.0 Å². The summed E-state index contributed by atoms with van der Waals surface area (Å²) < 4.78 is 8.31. The van der Waals surface area contributed by atoms with Gasteiger partial charge in [0.05, 0.1) is 12.8 Å². The molecular formula is C24H26ClN7O4. The standard InChI is InChI=1S/C24H26ClN7O4/c1-30(2)17-8-4-15(5-9-17)12-26-29-23-27-21-20(22(34)28-24(35)31(21)3)32(23)13-18(33)14-36-19-10-6-16(25)7-11-19/h4-12,18,33H,13-14H2,1-3H3,(H,27,29)(H,28,34,35)/b26-12-/t18-/m0/s1. The van der Waals surface area contributed by atoms with Crippen LogP contribution in [0.4, 0.5) is 11.6 Å². The summed E-state index contributed by atoms with van der Waals surface area (Å²) in [4.78, 5) is 33.4. The molecule has 188 valence electrons. The van der Waals surface area contributed by atoms with Crippen molar-refractivity contribution in [2.45, 2.75) is 12.6 Å². The number of halogens is 1. The van der Waals surface area contributed by atoms with E-state index >= 15 is 0 Å². The molecule has 3 N–H and O–H groups in total. The second kappa shape index (κ2) is 10.7. The molecule has 1 atom stereocenters. The number of aryl methyl sites for hydroxylation is 1. The highest BCUT2D eigenvalue weighted by atomic mass is 35.5. The molecule has 0 unspecified atom stereocenters. The van der Waals surface area contributed by atoms with Gasteiger partial charge in [-0.3, -0.25) is 14.3 Å². The zero-order valence-corrected chi connectivity index (χ0v) is 20.7. The maximum atomic E-state index is 12.6. The van der Waals surface area contributed by atoms with E-state index in [2.05, 4.69) is 20.5 Å². The van der Waals surface area contributed by atoms with Crippen LogP contribution < -0.4 is 26.3 Å². The molecule has 4 rings (SSSR count). The molecular weight excluding hydrogens is 486 g/mol. The SMILES string of the molecule is CN(C)c1ccc(/C=N\Nc2nc3c(c(=O)[nH]c(=O)n3C)n2C[C@H](O)COc2ccc(Cl)cc2)cc1. The third kappa shape index (κ3) is 5.58. The zero-order chi connectivity index (χ0) is 25.8. The summed E-state index contributed by atoms with van der Waals surface area (Å²) in [6.07, 6.45) is 0.602. The van der Waals surface area contributed by atoms with E-state index in [1.165, 1.54) is 16.2 Å². The predicted octanol–water partition coefficient (Wildman–Crippen LogP) is 2.03. The highest BCUT2D eigenvalue weighted by Gasteiger charge is 2.20. The normalized spacial score (nSPS) is 12.2. The van der Waals surface area contributed by atoms with Crippen molar-refractivity contribution in [3.05, 3.63) is 80.0 Å². The third-order valence-electron chi connectivity index (χ3n) is 5.44. The second-order valence-corrected chi connectivity index (χ2v) is 8.75. The molecule has 0 saturated carbocycles. The molecule has 0 aliphatic carbocycles. The van der Waals surface area contributed by atoms with E-state index in [1.54, 1.807) is 30.5 Å². The van der Waals surface area contributed by atoms with E-state index < -0.39 is 17.4 Å². The van der Waals surface area contributed by atoms with Gasteiger partial charge in [-0.25, -0.2) is 10.2 Å². The molecule has 2 aromatic heterocycles. The smallest absolute Gasteiger partial charge is 0.329 e. The number of nitrogens with one attached hydrogen (secondary N) is 2. The molecule has 0 aliphatic heterocycles. The number of nitrogens with zero attached hydrogens (tertiary/aromatic N) is 5. The van der Waals surface area contributed by atoms with Gasteiger partial charge in [-0.15, -0.1) is 0 Å². The number of rotatable bonds is 9. The Morgan fingerprint density at radius 2 is 1.89 bits per heavy atom. The summed E-state index contributed by atoms with van der Waals surface area (Å²) >= 11 is 5.89. The van der Waals surface area contributed by atoms with Gasteiger partial charge in [0.2, 0.25) is 5.95 Å². The summed E-state index contributed by atoms with van der Waals surface area (Å²) in [7, 11) is 5.41. The van der Waals surface area contributed by atoms with E-state index in [0.717, 1.165) is 11.3 Å². The number of imidazole rings is 1. The molecule has 0 fully saturated rings. The lowest BCUT2D eigenvalue weighted by Gasteiger charge is -2.15. The number of benzene rings is 2. The molecule has 11 nitrogen and oxygen atoms in total. The predicted molar refractivity (Wildman–Crippen MR) is 141 cm³/mol. The fraction of sp³-hybridized carbons (Fsp3) is 0.250. The minimum absolute atomic E-state index is 0.0409. The lowest BCUT2D eigenvalue weighted by atomic mass is 10.2. The maximum Gasteiger partial charge on any atom is 0.329 e. The van der Waals surface area contributed by atoms with Crippen molar-refractivity contribution >= 4 is 40.6 Å². The van der Waals surface area contributed by atoms with E-state index in [9.17, 15) is 14.7 Å². The van der Waals surface area contributed by atoms with Crippen LogP contribution in [-0.4, -0.2) is 57.2 Å². The molecule has 36 heavy (non-hydrogen) atoms. The first-order chi connectivity index (χ1) is 17.2. The number of ether oxygens (including phenoxy) is 1. The maximum absolute atomic E-state index is 12.6. The third-order valence-corrected chi connectivity index (χ3v) is 5.70. The van der Waals surface area contributed by atoms with Gasteiger partial charge >= 0.3 is 5.69 Å². The Hall–Kier alpha value is -4.09. The summed E-state index contributed by atoms with van der Waals surface area (Å²) in [6, 6.07) is 14.5. The van der Waals surface area contributed by atoms with E-state index in [-0.39, 0.29) is 30.3 Å². The van der Waals surface area contributed by atoms with Crippen molar-refractivity contribution in [1.29, 1.82) is 0 Å². The van der Waals surface area contributed by atoms with Crippen molar-refractivity contribution in [3.8, 4) is 5.75 Å². The largest absolute Gasteiger partial charge is 0.491 e. The van der Waals surface area contributed by atoms with Crippen LogP contribution >= 0.6 is 11.6 Å². The average molecular weight is 512 g/mol. The highest BCUT2D eigenvalue weighted by molar-refractivity contribution is 6.30. The van der Waals surface area contributed by atoms with Crippen molar-refractivity contribution in [2.75, 3.05) is 31.0 Å². The van der Waals surface area contributed by atoms with Gasteiger partial charge in [0.25, 0.3) is 5.56 Å². The number of aliphatic hydroxyl groups is 1. The minimum atomic E-state index is -1.00. The number of aliphatic hydroxyl groups excluding tert-OH is 1. The van der Waals surface area contributed by atoms with Gasteiger partial charge in [0, 0.05) is 31.9 Å². The van der Waals surface area contributed by atoms with Gasteiger partial charge in [-0.2, -0.15) is 10.1 Å². The van der Waals surface area contributed by atoms with Crippen LogP contribution in [0.15, 0.2) is 63.2 Å². The number of hydrogen-bond donors (Lipinski definition) is 3. The lowest BCUT2D eigenvalue weighted by Crippen LogP contribution is -2.30. The van der Waals surface area contributed by atoms with Gasteiger partial charge < -0.3 is 19.3 Å². The van der Waals surface area contributed by atoms with E-state index in [1.807, 2.05) is 43.3 Å². The quantitative estimate of drug-likeness (QED) is 0.231. The number of hydrazone groups is 1. The van der Waals surface area contributed by atoms with Crippen LogP contribution in [0, 0.1) is 0 Å². The Balaban J connectivity index is 1.58. The molecule has 12 heteroatoms. The van der Waals surface area contributed by atoms with Gasteiger partial charge in [0.1, 0.15) is 18.5 Å². The van der Waals surface area contributed by atoms with Crippen molar-refractivity contribution in [3.63, 3.8) is 0 Å². The molecule has 2 aromatic carbocycles. The van der Waals surface area contributed by atoms with Crippen molar-refractivity contribution in [1.82, 2.24) is 19.1 Å². The first-order valence-corrected chi connectivity index (χ1v) is 11.4. The fourth-order valence-electron chi connectivity index (χ4n) is 3.51. The van der Waals surface area contributed by atoms with Crippen LogP contribution in [0.1, 0.15) is 5.56 Å². The number of hydrogen-bond acceptors (Lipinski definition) is 8. The van der Waals surface area contributed by atoms with E-state index in [0.29, 0.717) is 10.8 Å². The molecule has 0 amide bonds. The van der Waals surface area contributed by atoms with Crippen molar-refractivity contribution in [2.24, 2.45) is 12.1 Å². The number of fused-ring (bicyclic) bond motifs is 1. The molecule has 0 saturated heterocycles. The highest BCUT2D eigenvalue weighted by Crippen LogP contribution is 2.18. The molecule has 2 heterocycles. The Morgan fingerprint density at radius 3 is 2.56 bits per heavy atom. The Labute approximate surface area is 211 Å². The summed E-state index contributed by atoms with van der Waals surface area (Å²) in [5.41, 5.74) is 3.78. The number of aromatic nitrogens is 4. The number of aromatic amines is 1. The lowest BCUT2D eigenvalue weighted by molar-refractivity contribution is 0.0938. The van der Waals surface area contributed by atoms with Gasteiger partial charge in [-0.1, -0.05) is 23.7 Å². The summed E-state index contributed by atoms with van der Waals surface area (Å²) in [6.45, 7) is -0.0906. The fourth-order valence-corrected chi connectivity index (χ4v) is 3.63. The molecule has 0 bridgehead atoms. The zero-order valence-electron chi connectivity index (χ0n) is 20.0. The monoisotopic (exact) mass is 511 g/mol. The minimum Gasteiger partial charge on any atom is -0.491 e. The summed E-state index contributed by atoms with van der Waals surface area (Å²) in [5.74, 6) is 0.723. The first-order valence-electron chi connectivity index (χ1n) is 11.1. The number of anilines is 2. The van der Waals surface area contributed by atoms with Crippen LogP contribution in [0.2, 0.25) is 5.02 Å². The van der Waals surface area contributed by atoms with Crippen molar-refractivity contribution < 1.29 is 9.84 Å². The van der Waals surface area contributed by atoms with Crippen LogP contribution in [0.3, 0.4) is 0 Å². The topological polar surface area (TPSA) is 130 Å². The Bertz CT molecular complexity index is 1490. The van der Waals surface area contributed by atoms with E-state index in [4.69, 9.17) is 16.3 Å². The van der Waals surface area contributed by atoms with Gasteiger partial charge in [0.15, 0.2) is 11.2 Å². The van der Waals surface area contributed by atoms with Crippen LogP contribution in [0.5, 0.6) is 5.75 Å². The molecule has 0 aliphatic rings. The van der Waals surface area contributed by atoms with Crippen LogP contribution in [-0.2, 0) is 13.6 Å². The summed E-state index contributed by atoms with van der Waals surface area (Å²) in [5, 5.41) is 15.5. The first kappa shape index (κ1) is 25.0. The molecule has 0 spiro atoms. The molecule has 0 radical (unpaired) electrons. The Kier molecular flexibility index (Phi) is 7.41.